The maximum Gasteiger partial charge on any atom is 0.285 e. The number of rotatable bonds is 3. The second kappa shape index (κ2) is 6.69. The molecule has 0 spiro atoms. The Kier molecular flexibility index (Phi) is 4.65. The van der Waals surface area contributed by atoms with Crippen LogP contribution in [-0.4, -0.2) is 26.1 Å². The van der Waals surface area contributed by atoms with E-state index in [0.717, 1.165) is 22.5 Å². The number of carbonyl (C=O) groups excluding carboxylic acids is 2. The standard InChI is InChI=1S/C15H10BrN3O2S2/c16-11-6-2-1-5-10(11)13(20)18-19-14(21)12(23-15(19)22)8-9-4-3-7-17-9/h1-8,17H,(H,18,20)/b12-8-. The highest BCUT2D eigenvalue weighted by atomic mass is 79.9. The molecule has 0 saturated carbocycles. The molecule has 0 radical (unpaired) electrons. The normalized spacial score (nSPS) is 16.2. The number of hydrogen-bond donors (Lipinski definition) is 2. The van der Waals surface area contributed by atoms with Gasteiger partial charge in [-0.25, -0.2) is 0 Å². The molecule has 1 fully saturated rings. The lowest BCUT2D eigenvalue weighted by molar-refractivity contribution is -0.123. The first kappa shape index (κ1) is 16.0. The minimum absolute atomic E-state index is 0.285. The van der Waals surface area contributed by atoms with Gasteiger partial charge in [-0.05, 0) is 58.5 Å². The quantitative estimate of drug-likeness (QED) is 0.604. The van der Waals surface area contributed by atoms with Crippen molar-refractivity contribution in [2.24, 2.45) is 0 Å². The molecule has 3 rings (SSSR count). The van der Waals surface area contributed by atoms with Crippen LogP contribution in [0.15, 0.2) is 52.0 Å². The number of hydrazine groups is 1. The minimum atomic E-state index is -0.408. The number of benzene rings is 1. The molecule has 1 aliphatic rings. The Morgan fingerprint density at radius 3 is 2.78 bits per heavy atom. The van der Waals surface area contributed by atoms with Gasteiger partial charge < -0.3 is 4.98 Å². The molecule has 23 heavy (non-hydrogen) atoms. The molecule has 2 N–H and O–H groups in total. The van der Waals surface area contributed by atoms with Gasteiger partial charge in [0.25, 0.3) is 11.8 Å². The SMILES string of the molecule is O=C(NN1C(=O)/C(=C/c2ccc[nH]2)SC1=S)c1ccccc1Br. The van der Waals surface area contributed by atoms with E-state index in [1.165, 1.54) is 0 Å². The average molecular weight is 408 g/mol. The number of nitrogens with zero attached hydrogens (tertiary/aromatic N) is 1. The van der Waals surface area contributed by atoms with Crippen molar-refractivity contribution in [3.8, 4) is 0 Å². The fraction of sp³-hybridized carbons (Fsp3) is 0. The second-order valence-corrected chi connectivity index (χ2v) is 7.09. The molecule has 1 saturated heterocycles. The van der Waals surface area contributed by atoms with Gasteiger partial charge in [0.1, 0.15) is 0 Å². The van der Waals surface area contributed by atoms with Crippen LogP contribution in [0, 0.1) is 0 Å². The third-order valence-corrected chi connectivity index (χ3v) is 5.03. The van der Waals surface area contributed by atoms with E-state index in [0.29, 0.717) is 14.9 Å². The number of nitrogens with one attached hydrogen (secondary N) is 2. The molecule has 116 valence electrons. The van der Waals surface area contributed by atoms with Gasteiger partial charge in [-0.3, -0.25) is 15.0 Å². The zero-order valence-electron chi connectivity index (χ0n) is 11.6. The predicted molar refractivity (Wildman–Crippen MR) is 97.4 cm³/mol. The fourth-order valence-electron chi connectivity index (χ4n) is 1.95. The van der Waals surface area contributed by atoms with Gasteiger partial charge in [0.05, 0.1) is 10.5 Å². The number of thiocarbonyl (C=S) groups is 1. The van der Waals surface area contributed by atoms with Gasteiger partial charge in [-0.2, -0.15) is 5.01 Å². The van der Waals surface area contributed by atoms with Gasteiger partial charge in [0, 0.05) is 16.4 Å². The van der Waals surface area contributed by atoms with Crippen LogP contribution in [0.2, 0.25) is 0 Å². The molecule has 0 aliphatic carbocycles. The summed E-state index contributed by atoms with van der Waals surface area (Å²) in [6.07, 6.45) is 3.46. The summed E-state index contributed by atoms with van der Waals surface area (Å²) in [5, 5.41) is 1.09. The summed E-state index contributed by atoms with van der Waals surface area (Å²) >= 11 is 9.64. The van der Waals surface area contributed by atoms with Gasteiger partial charge in [0.2, 0.25) is 0 Å². The summed E-state index contributed by atoms with van der Waals surface area (Å²) in [5.74, 6) is -0.759. The topological polar surface area (TPSA) is 65.2 Å². The number of H-pyrrole nitrogens is 1. The molecule has 2 aromatic rings. The Balaban J connectivity index is 1.79. The number of halogens is 1. The van der Waals surface area contributed by atoms with Crippen molar-refractivity contribution in [3.05, 3.63) is 63.2 Å². The molecule has 8 heteroatoms. The highest BCUT2D eigenvalue weighted by Gasteiger charge is 2.34. The Morgan fingerprint density at radius 2 is 2.09 bits per heavy atom. The molecule has 1 aromatic heterocycles. The molecular weight excluding hydrogens is 398 g/mol. The number of aromatic nitrogens is 1. The molecule has 2 amide bonds. The van der Waals surface area contributed by atoms with Crippen LogP contribution < -0.4 is 5.43 Å². The smallest absolute Gasteiger partial charge is 0.285 e. The lowest BCUT2D eigenvalue weighted by Crippen LogP contribution is -2.44. The van der Waals surface area contributed by atoms with Gasteiger partial charge >= 0.3 is 0 Å². The fourth-order valence-corrected chi connectivity index (χ4v) is 3.58. The molecule has 0 unspecified atom stereocenters. The highest BCUT2D eigenvalue weighted by Crippen LogP contribution is 2.31. The number of aromatic amines is 1. The zero-order chi connectivity index (χ0) is 16.4. The Bertz CT molecular complexity index is 818. The summed E-state index contributed by atoms with van der Waals surface area (Å²) in [4.78, 5) is 28.1. The third kappa shape index (κ3) is 3.39. The van der Waals surface area contributed by atoms with Crippen LogP contribution in [0.5, 0.6) is 0 Å². The van der Waals surface area contributed by atoms with E-state index < -0.39 is 5.91 Å². The summed E-state index contributed by atoms with van der Waals surface area (Å²) in [6.45, 7) is 0. The maximum absolute atomic E-state index is 12.4. The highest BCUT2D eigenvalue weighted by molar-refractivity contribution is 9.10. The lowest BCUT2D eigenvalue weighted by atomic mass is 10.2. The van der Waals surface area contributed by atoms with E-state index in [9.17, 15) is 9.59 Å². The first-order chi connectivity index (χ1) is 11.1. The zero-order valence-corrected chi connectivity index (χ0v) is 14.8. The average Bonchev–Trinajstić information content (AvgIpc) is 3.12. The van der Waals surface area contributed by atoms with Crippen LogP contribution in [0.4, 0.5) is 0 Å². The predicted octanol–water partition coefficient (Wildman–Crippen LogP) is 3.32. The van der Waals surface area contributed by atoms with Crippen molar-refractivity contribution in [3.63, 3.8) is 0 Å². The summed E-state index contributed by atoms with van der Waals surface area (Å²) in [6, 6.07) is 10.6. The van der Waals surface area contributed by atoms with Gasteiger partial charge in [-0.1, -0.05) is 23.9 Å². The molecular formula is C15H10BrN3O2S2. The summed E-state index contributed by atoms with van der Waals surface area (Å²) < 4.78 is 0.929. The van der Waals surface area contributed by atoms with E-state index in [1.54, 1.807) is 36.5 Å². The third-order valence-electron chi connectivity index (χ3n) is 3.03. The monoisotopic (exact) mass is 407 g/mol. The Hall–Kier alpha value is -1.90. The minimum Gasteiger partial charge on any atom is -0.362 e. The Labute approximate surface area is 150 Å². The van der Waals surface area contributed by atoms with Gasteiger partial charge in [-0.15, -0.1) is 0 Å². The van der Waals surface area contributed by atoms with E-state index in [2.05, 4.69) is 26.3 Å². The van der Waals surface area contributed by atoms with Crippen LogP contribution in [0.25, 0.3) is 6.08 Å². The van der Waals surface area contributed by atoms with Crippen molar-refractivity contribution < 1.29 is 9.59 Å². The Morgan fingerprint density at radius 1 is 1.30 bits per heavy atom. The van der Waals surface area contributed by atoms with E-state index >= 15 is 0 Å². The molecule has 1 aromatic carbocycles. The van der Waals surface area contributed by atoms with Crippen molar-refractivity contribution in [1.29, 1.82) is 0 Å². The summed E-state index contributed by atoms with van der Waals surface area (Å²) in [7, 11) is 0. The maximum atomic E-state index is 12.4. The molecule has 0 bridgehead atoms. The number of carbonyl (C=O) groups is 2. The largest absolute Gasteiger partial charge is 0.362 e. The lowest BCUT2D eigenvalue weighted by Gasteiger charge is -2.16. The number of amides is 2. The number of thioether (sulfide) groups is 1. The first-order valence-electron chi connectivity index (χ1n) is 6.53. The van der Waals surface area contributed by atoms with Crippen LogP contribution in [0.1, 0.15) is 16.1 Å². The van der Waals surface area contributed by atoms with Crippen LogP contribution in [-0.2, 0) is 4.79 Å². The summed E-state index contributed by atoms with van der Waals surface area (Å²) in [5.41, 5.74) is 3.77. The van der Waals surface area contributed by atoms with Crippen LogP contribution >= 0.6 is 39.9 Å². The van der Waals surface area contributed by atoms with E-state index in [1.807, 2.05) is 12.1 Å². The van der Waals surface area contributed by atoms with Crippen molar-refractivity contribution in [2.45, 2.75) is 0 Å². The molecule has 2 heterocycles. The number of hydrogen-bond acceptors (Lipinski definition) is 4. The van der Waals surface area contributed by atoms with Gasteiger partial charge in [0.15, 0.2) is 4.32 Å². The van der Waals surface area contributed by atoms with Crippen LogP contribution in [0.3, 0.4) is 0 Å². The van der Waals surface area contributed by atoms with Crippen molar-refractivity contribution in [2.75, 3.05) is 0 Å². The van der Waals surface area contributed by atoms with Crippen molar-refractivity contribution in [1.82, 2.24) is 15.4 Å². The first-order valence-corrected chi connectivity index (χ1v) is 8.55. The van der Waals surface area contributed by atoms with Crippen molar-refractivity contribution >= 4 is 62.1 Å². The molecule has 0 atom stereocenters. The molecule has 5 nitrogen and oxygen atoms in total. The van der Waals surface area contributed by atoms with E-state index in [4.69, 9.17) is 12.2 Å². The second-order valence-electron chi connectivity index (χ2n) is 4.56. The molecule has 1 aliphatic heterocycles. The van der Waals surface area contributed by atoms with E-state index in [-0.39, 0.29) is 10.2 Å².